The second kappa shape index (κ2) is 4.76. The number of sulfonamides is 1. The first kappa shape index (κ1) is 12.5. The molecule has 1 aliphatic rings. The van der Waals surface area contributed by atoms with E-state index in [-0.39, 0.29) is 6.04 Å². The van der Waals surface area contributed by atoms with Crippen LogP contribution in [-0.2, 0) is 10.0 Å². The molecular weight excluding hydrogens is 236 g/mol. The van der Waals surface area contributed by atoms with Gasteiger partial charge in [0.2, 0.25) is 10.0 Å². The molecule has 1 heterocycles. The SMILES string of the molecule is Cc1ccc(S(=O)(=O)NC2CNCC2C)cc1. The first-order valence-corrected chi connectivity index (χ1v) is 7.27. The van der Waals surface area contributed by atoms with E-state index in [1.54, 1.807) is 12.1 Å². The van der Waals surface area contributed by atoms with E-state index in [1.807, 2.05) is 26.0 Å². The monoisotopic (exact) mass is 254 g/mol. The van der Waals surface area contributed by atoms with E-state index in [1.165, 1.54) is 0 Å². The van der Waals surface area contributed by atoms with Crippen molar-refractivity contribution in [3.8, 4) is 0 Å². The summed E-state index contributed by atoms with van der Waals surface area (Å²) in [6.07, 6.45) is 0. The second-order valence-corrected chi connectivity index (χ2v) is 6.39. The fourth-order valence-corrected chi connectivity index (χ4v) is 3.30. The van der Waals surface area contributed by atoms with Crippen LogP contribution in [0.2, 0.25) is 0 Å². The van der Waals surface area contributed by atoms with Gasteiger partial charge < -0.3 is 5.32 Å². The van der Waals surface area contributed by atoms with Crippen LogP contribution in [0.5, 0.6) is 0 Å². The molecule has 2 N–H and O–H groups in total. The highest BCUT2D eigenvalue weighted by Gasteiger charge is 2.27. The summed E-state index contributed by atoms with van der Waals surface area (Å²) in [7, 11) is -3.38. The largest absolute Gasteiger partial charge is 0.315 e. The van der Waals surface area contributed by atoms with Gasteiger partial charge in [-0.25, -0.2) is 13.1 Å². The van der Waals surface area contributed by atoms with Gasteiger partial charge in [0.1, 0.15) is 0 Å². The lowest BCUT2D eigenvalue weighted by Gasteiger charge is -2.16. The minimum atomic E-state index is -3.38. The lowest BCUT2D eigenvalue weighted by Crippen LogP contribution is -2.39. The highest BCUT2D eigenvalue weighted by molar-refractivity contribution is 7.89. The number of hydrogen-bond donors (Lipinski definition) is 2. The number of rotatable bonds is 3. The average Bonchev–Trinajstić information content (AvgIpc) is 2.64. The van der Waals surface area contributed by atoms with Crippen molar-refractivity contribution in [3.63, 3.8) is 0 Å². The Hall–Kier alpha value is -0.910. The number of nitrogens with one attached hydrogen (secondary N) is 2. The van der Waals surface area contributed by atoms with Gasteiger partial charge in [0, 0.05) is 12.6 Å². The van der Waals surface area contributed by atoms with Crippen molar-refractivity contribution in [3.05, 3.63) is 29.8 Å². The zero-order valence-electron chi connectivity index (χ0n) is 10.1. The Balaban J connectivity index is 2.16. The van der Waals surface area contributed by atoms with Crippen molar-refractivity contribution in [2.75, 3.05) is 13.1 Å². The molecule has 0 amide bonds. The summed E-state index contributed by atoms with van der Waals surface area (Å²) >= 11 is 0. The Kier molecular flexibility index (Phi) is 3.51. The molecule has 2 unspecified atom stereocenters. The molecule has 17 heavy (non-hydrogen) atoms. The van der Waals surface area contributed by atoms with Gasteiger partial charge in [-0.05, 0) is 31.5 Å². The quantitative estimate of drug-likeness (QED) is 0.842. The van der Waals surface area contributed by atoms with Crippen molar-refractivity contribution < 1.29 is 8.42 Å². The van der Waals surface area contributed by atoms with E-state index in [0.29, 0.717) is 17.4 Å². The van der Waals surface area contributed by atoms with E-state index in [0.717, 1.165) is 12.1 Å². The Morgan fingerprint density at radius 1 is 1.24 bits per heavy atom. The zero-order chi connectivity index (χ0) is 12.5. The van der Waals surface area contributed by atoms with Crippen LogP contribution in [0.4, 0.5) is 0 Å². The lowest BCUT2D eigenvalue weighted by atomic mass is 10.1. The summed E-state index contributed by atoms with van der Waals surface area (Å²) in [5, 5.41) is 3.18. The van der Waals surface area contributed by atoms with Gasteiger partial charge in [0.05, 0.1) is 4.90 Å². The van der Waals surface area contributed by atoms with Crippen LogP contribution in [-0.4, -0.2) is 27.5 Å². The number of benzene rings is 1. The second-order valence-electron chi connectivity index (χ2n) is 4.68. The van der Waals surface area contributed by atoms with Crippen molar-refractivity contribution >= 4 is 10.0 Å². The lowest BCUT2D eigenvalue weighted by molar-refractivity contribution is 0.503. The molecule has 0 spiro atoms. The van der Waals surface area contributed by atoms with Crippen LogP contribution in [0.15, 0.2) is 29.2 Å². The Morgan fingerprint density at radius 3 is 2.41 bits per heavy atom. The normalized spacial score (nSPS) is 25.1. The van der Waals surface area contributed by atoms with Crippen molar-refractivity contribution in [1.29, 1.82) is 0 Å². The highest BCUT2D eigenvalue weighted by Crippen LogP contribution is 2.14. The molecule has 0 aliphatic carbocycles. The van der Waals surface area contributed by atoms with Gasteiger partial charge in [0.15, 0.2) is 0 Å². The molecule has 1 aromatic carbocycles. The van der Waals surface area contributed by atoms with E-state index in [9.17, 15) is 8.42 Å². The van der Waals surface area contributed by atoms with Gasteiger partial charge in [0.25, 0.3) is 0 Å². The summed E-state index contributed by atoms with van der Waals surface area (Å²) in [6, 6.07) is 6.90. The first-order valence-electron chi connectivity index (χ1n) is 5.79. The molecule has 0 radical (unpaired) electrons. The fourth-order valence-electron chi connectivity index (χ4n) is 1.95. The maximum Gasteiger partial charge on any atom is 0.240 e. The van der Waals surface area contributed by atoms with E-state index in [4.69, 9.17) is 0 Å². The van der Waals surface area contributed by atoms with Gasteiger partial charge in [-0.1, -0.05) is 24.6 Å². The molecule has 4 nitrogen and oxygen atoms in total. The van der Waals surface area contributed by atoms with E-state index < -0.39 is 10.0 Å². The fraction of sp³-hybridized carbons (Fsp3) is 0.500. The summed E-state index contributed by atoms with van der Waals surface area (Å²) in [5.41, 5.74) is 1.06. The molecule has 0 aromatic heterocycles. The maximum atomic E-state index is 12.1. The van der Waals surface area contributed by atoms with Crippen LogP contribution >= 0.6 is 0 Å². The topological polar surface area (TPSA) is 58.2 Å². The average molecular weight is 254 g/mol. The summed E-state index contributed by atoms with van der Waals surface area (Å²) in [6.45, 7) is 5.54. The Morgan fingerprint density at radius 2 is 1.88 bits per heavy atom. The minimum Gasteiger partial charge on any atom is -0.315 e. The Labute approximate surface area is 102 Å². The predicted octanol–water partition coefficient (Wildman–Crippen LogP) is 0.881. The van der Waals surface area contributed by atoms with Crippen LogP contribution in [0.1, 0.15) is 12.5 Å². The third kappa shape index (κ3) is 2.86. The molecule has 0 saturated carbocycles. The molecule has 2 atom stereocenters. The van der Waals surface area contributed by atoms with Crippen molar-refractivity contribution in [2.45, 2.75) is 24.8 Å². The predicted molar refractivity (Wildman–Crippen MR) is 67.3 cm³/mol. The smallest absolute Gasteiger partial charge is 0.240 e. The van der Waals surface area contributed by atoms with Crippen LogP contribution < -0.4 is 10.0 Å². The number of hydrogen-bond acceptors (Lipinski definition) is 3. The minimum absolute atomic E-state index is 0.0127. The van der Waals surface area contributed by atoms with Crippen molar-refractivity contribution in [1.82, 2.24) is 10.0 Å². The molecule has 2 rings (SSSR count). The summed E-state index contributed by atoms with van der Waals surface area (Å²) in [4.78, 5) is 0.335. The van der Waals surface area contributed by atoms with Crippen LogP contribution in [0.3, 0.4) is 0 Å². The van der Waals surface area contributed by atoms with E-state index >= 15 is 0 Å². The molecule has 1 aliphatic heterocycles. The molecule has 0 bridgehead atoms. The molecule has 5 heteroatoms. The van der Waals surface area contributed by atoms with E-state index in [2.05, 4.69) is 10.0 Å². The molecule has 1 saturated heterocycles. The summed E-state index contributed by atoms with van der Waals surface area (Å²) in [5.74, 6) is 0.329. The molecule has 1 fully saturated rings. The third-order valence-electron chi connectivity index (χ3n) is 3.16. The zero-order valence-corrected chi connectivity index (χ0v) is 10.9. The van der Waals surface area contributed by atoms with Gasteiger partial charge in [-0.3, -0.25) is 0 Å². The van der Waals surface area contributed by atoms with Crippen LogP contribution in [0.25, 0.3) is 0 Å². The molecule has 94 valence electrons. The molecule has 1 aromatic rings. The summed E-state index contributed by atoms with van der Waals surface area (Å²) < 4.78 is 27.0. The highest BCUT2D eigenvalue weighted by atomic mass is 32.2. The third-order valence-corrected chi connectivity index (χ3v) is 4.66. The Bertz CT molecular complexity index is 482. The first-order chi connectivity index (χ1) is 7.99. The van der Waals surface area contributed by atoms with Crippen LogP contribution in [0, 0.1) is 12.8 Å². The molecular formula is C12H18N2O2S. The maximum absolute atomic E-state index is 12.1. The van der Waals surface area contributed by atoms with Gasteiger partial charge in [-0.2, -0.15) is 0 Å². The van der Waals surface area contributed by atoms with Gasteiger partial charge in [-0.15, -0.1) is 0 Å². The van der Waals surface area contributed by atoms with Gasteiger partial charge >= 0.3 is 0 Å². The van der Waals surface area contributed by atoms with Crippen molar-refractivity contribution in [2.24, 2.45) is 5.92 Å². The number of aryl methyl sites for hydroxylation is 1. The standard InChI is InChI=1S/C12H18N2O2S/c1-9-3-5-11(6-4-9)17(15,16)14-12-8-13-7-10(12)2/h3-6,10,12-14H,7-8H2,1-2H3.